The first-order valence-electron chi connectivity index (χ1n) is 9.06. The monoisotopic (exact) mass is 380 g/mol. The molecule has 150 valence electrons. The molecular formula is C19H28N2O6. The van der Waals surface area contributed by atoms with Gasteiger partial charge in [0, 0.05) is 12.5 Å². The molecule has 1 aromatic carbocycles. The van der Waals surface area contributed by atoms with Gasteiger partial charge >= 0.3 is 18.0 Å². The highest BCUT2D eigenvalue weighted by molar-refractivity contribution is 5.80. The average Bonchev–Trinajstić information content (AvgIpc) is 2.65. The summed E-state index contributed by atoms with van der Waals surface area (Å²) in [4.78, 5) is 32.7. The van der Waals surface area contributed by atoms with Gasteiger partial charge < -0.3 is 26.0 Å². The van der Waals surface area contributed by atoms with E-state index in [-0.39, 0.29) is 19.4 Å². The number of rotatable bonds is 7. The number of carboxylic acid groups (broad SMARTS) is 2. The Morgan fingerprint density at radius 3 is 2.22 bits per heavy atom. The number of carbonyl (C=O) groups is 3. The maximum Gasteiger partial charge on any atom is 0.408 e. The van der Waals surface area contributed by atoms with E-state index in [9.17, 15) is 14.4 Å². The SMILES string of the molecule is NC1CCCCC1.O=C(O)CC[C@H](NC(=O)OCc1ccccc1)C(=O)O. The number of carbonyl (C=O) groups excluding carboxylic acids is 1. The second kappa shape index (κ2) is 12.7. The lowest BCUT2D eigenvalue weighted by Gasteiger charge is -2.15. The molecule has 2 rings (SSSR count). The van der Waals surface area contributed by atoms with Gasteiger partial charge in [-0.1, -0.05) is 49.6 Å². The summed E-state index contributed by atoms with van der Waals surface area (Å²) < 4.78 is 4.85. The molecule has 1 fully saturated rings. The predicted octanol–water partition coefficient (Wildman–Crippen LogP) is 2.51. The normalized spacial score (nSPS) is 15.0. The smallest absolute Gasteiger partial charge is 0.408 e. The average molecular weight is 380 g/mol. The minimum Gasteiger partial charge on any atom is -0.481 e. The van der Waals surface area contributed by atoms with E-state index in [1.165, 1.54) is 32.1 Å². The maximum atomic E-state index is 11.4. The Hall–Kier alpha value is -2.61. The summed E-state index contributed by atoms with van der Waals surface area (Å²) in [6.07, 6.45) is 5.21. The fourth-order valence-corrected chi connectivity index (χ4v) is 2.57. The third-order valence-electron chi connectivity index (χ3n) is 4.10. The van der Waals surface area contributed by atoms with Crippen LogP contribution in [-0.4, -0.2) is 40.3 Å². The first-order chi connectivity index (χ1) is 12.9. The Kier molecular flexibility index (Phi) is 10.5. The van der Waals surface area contributed by atoms with Gasteiger partial charge in [0.15, 0.2) is 0 Å². The molecule has 0 aliphatic heterocycles. The van der Waals surface area contributed by atoms with Crippen LogP contribution in [0.4, 0.5) is 4.79 Å². The van der Waals surface area contributed by atoms with Crippen molar-refractivity contribution in [2.24, 2.45) is 5.73 Å². The molecular weight excluding hydrogens is 352 g/mol. The summed E-state index contributed by atoms with van der Waals surface area (Å²) in [6, 6.07) is 8.14. The first kappa shape index (κ1) is 22.4. The van der Waals surface area contributed by atoms with Crippen LogP contribution < -0.4 is 11.1 Å². The van der Waals surface area contributed by atoms with E-state index in [1.807, 2.05) is 6.07 Å². The molecule has 0 bridgehead atoms. The fraction of sp³-hybridized carbons (Fsp3) is 0.526. The Morgan fingerprint density at radius 1 is 1.11 bits per heavy atom. The molecule has 8 nitrogen and oxygen atoms in total. The minimum atomic E-state index is -1.30. The standard InChI is InChI=1S/C13H15NO6.C6H13N/c15-11(16)7-6-10(12(17)18)14-13(19)20-8-9-4-2-1-3-5-9;7-6-4-2-1-3-5-6/h1-5,10H,6-8H2,(H,14,19)(H,15,16)(H,17,18);6H,1-5,7H2/t10-;/m0./s1. The molecule has 0 aromatic heterocycles. The number of aliphatic carboxylic acids is 2. The van der Waals surface area contributed by atoms with Crippen LogP contribution in [0.3, 0.4) is 0 Å². The van der Waals surface area contributed by atoms with Gasteiger partial charge in [-0.3, -0.25) is 4.79 Å². The second-order valence-corrected chi connectivity index (χ2v) is 6.43. The summed E-state index contributed by atoms with van der Waals surface area (Å²) in [5.74, 6) is -2.43. The molecule has 0 heterocycles. The predicted molar refractivity (Wildman–Crippen MR) is 99.1 cm³/mol. The van der Waals surface area contributed by atoms with E-state index >= 15 is 0 Å². The van der Waals surface area contributed by atoms with Crippen molar-refractivity contribution in [2.45, 2.75) is 63.6 Å². The molecule has 1 aliphatic carbocycles. The molecule has 0 unspecified atom stereocenters. The zero-order chi connectivity index (χ0) is 20.1. The molecule has 27 heavy (non-hydrogen) atoms. The van der Waals surface area contributed by atoms with E-state index in [0.29, 0.717) is 6.04 Å². The molecule has 1 aliphatic rings. The zero-order valence-electron chi connectivity index (χ0n) is 15.3. The van der Waals surface area contributed by atoms with Crippen molar-refractivity contribution in [3.63, 3.8) is 0 Å². The minimum absolute atomic E-state index is 0.0118. The lowest BCUT2D eigenvalue weighted by molar-refractivity contribution is -0.140. The van der Waals surface area contributed by atoms with Crippen molar-refractivity contribution in [2.75, 3.05) is 0 Å². The summed E-state index contributed by atoms with van der Waals surface area (Å²) >= 11 is 0. The highest BCUT2D eigenvalue weighted by atomic mass is 16.5. The topological polar surface area (TPSA) is 139 Å². The number of nitrogens with one attached hydrogen (secondary N) is 1. The van der Waals surface area contributed by atoms with Crippen LogP contribution in [0.5, 0.6) is 0 Å². The van der Waals surface area contributed by atoms with Crippen LogP contribution in [0.25, 0.3) is 0 Å². The molecule has 0 saturated heterocycles. The third-order valence-corrected chi connectivity index (χ3v) is 4.10. The molecule has 1 saturated carbocycles. The van der Waals surface area contributed by atoms with Crippen molar-refractivity contribution in [1.29, 1.82) is 0 Å². The van der Waals surface area contributed by atoms with Crippen molar-refractivity contribution < 1.29 is 29.3 Å². The maximum absolute atomic E-state index is 11.4. The van der Waals surface area contributed by atoms with Gasteiger partial charge in [0.25, 0.3) is 0 Å². The van der Waals surface area contributed by atoms with Crippen LogP contribution in [-0.2, 0) is 20.9 Å². The summed E-state index contributed by atoms with van der Waals surface area (Å²) in [5.41, 5.74) is 6.40. The van der Waals surface area contributed by atoms with Gasteiger partial charge in [-0.2, -0.15) is 0 Å². The molecule has 1 amide bonds. The van der Waals surface area contributed by atoms with Crippen molar-refractivity contribution in [1.82, 2.24) is 5.32 Å². The largest absolute Gasteiger partial charge is 0.481 e. The van der Waals surface area contributed by atoms with E-state index in [4.69, 9.17) is 20.7 Å². The Labute approximate surface area is 158 Å². The number of ether oxygens (including phenoxy) is 1. The van der Waals surface area contributed by atoms with Crippen LogP contribution in [0, 0.1) is 0 Å². The Balaban J connectivity index is 0.000000433. The zero-order valence-corrected chi connectivity index (χ0v) is 15.3. The van der Waals surface area contributed by atoms with E-state index in [2.05, 4.69) is 5.32 Å². The van der Waals surface area contributed by atoms with Gasteiger partial charge in [-0.15, -0.1) is 0 Å². The number of carboxylic acids is 2. The van der Waals surface area contributed by atoms with Gasteiger partial charge in [-0.05, 0) is 24.8 Å². The highest BCUT2D eigenvalue weighted by Crippen LogP contribution is 2.14. The van der Waals surface area contributed by atoms with Gasteiger partial charge in [0.05, 0.1) is 0 Å². The highest BCUT2D eigenvalue weighted by Gasteiger charge is 2.21. The van der Waals surface area contributed by atoms with Gasteiger partial charge in [0.1, 0.15) is 12.6 Å². The number of nitrogens with two attached hydrogens (primary N) is 1. The van der Waals surface area contributed by atoms with E-state index in [1.54, 1.807) is 24.3 Å². The molecule has 0 spiro atoms. The molecule has 1 aromatic rings. The molecule has 1 atom stereocenters. The van der Waals surface area contributed by atoms with Crippen LogP contribution in [0.1, 0.15) is 50.5 Å². The third kappa shape index (κ3) is 10.9. The summed E-state index contributed by atoms with van der Waals surface area (Å²) in [6.45, 7) is 0.0118. The molecule has 5 N–H and O–H groups in total. The fourth-order valence-electron chi connectivity index (χ4n) is 2.57. The number of hydrogen-bond acceptors (Lipinski definition) is 5. The van der Waals surface area contributed by atoms with Crippen LogP contribution in [0.2, 0.25) is 0 Å². The number of benzene rings is 1. The first-order valence-corrected chi connectivity index (χ1v) is 9.06. The summed E-state index contributed by atoms with van der Waals surface area (Å²) in [5, 5.41) is 19.5. The van der Waals surface area contributed by atoms with Crippen molar-refractivity contribution in [3.05, 3.63) is 35.9 Å². The quantitative estimate of drug-likeness (QED) is 0.570. The Bertz CT molecular complexity index is 587. The number of hydrogen-bond donors (Lipinski definition) is 4. The molecule has 0 radical (unpaired) electrons. The van der Waals surface area contributed by atoms with E-state index < -0.39 is 24.1 Å². The van der Waals surface area contributed by atoms with Crippen molar-refractivity contribution in [3.8, 4) is 0 Å². The number of amides is 1. The van der Waals surface area contributed by atoms with Crippen LogP contribution in [0.15, 0.2) is 30.3 Å². The summed E-state index contributed by atoms with van der Waals surface area (Å²) in [7, 11) is 0. The molecule has 8 heteroatoms. The van der Waals surface area contributed by atoms with E-state index in [0.717, 1.165) is 5.56 Å². The van der Waals surface area contributed by atoms with Crippen LogP contribution >= 0.6 is 0 Å². The number of alkyl carbamates (subject to hydrolysis) is 1. The second-order valence-electron chi connectivity index (χ2n) is 6.43. The van der Waals surface area contributed by atoms with Gasteiger partial charge in [-0.25, -0.2) is 9.59 Å². The van der Waals surface area contributed by atoms with Gasteiger partial charge in [0.2, 0.25) is 0 Å². The van der Waals surface area contributed by atoms with Crippen molar-refractivity contribution >= 4 is 18.0 Å². The Morgan fingerprint density at radius 2 is 1.74 bits per heavy atom. The lowest BCUT2D eigenvalue weighted by atomic mass is 9.97. The lowest BCUT2D eigenvalue weighted by Crippen LogP contribution is -2.41.